The highest BCUT2D eigenvalue weighted by Crippen LogP contribution is 2.67. The number of alkyl halides is 5. The number of ether oxygens (including phenoxy) is 2. The molecule has 10 rings (SSSR count). The van der Waals surface area contributed by atoms with Gasteiger partial charge >= 0.3 is 12.2 Å². The lowest BCUT2D eigenvalue weighted by atomic mass is 9.92. The van der Waals surface area contributed by atoms with Crippen LogP contribution >= 0.6 is 11.3 Å². The molecule has 1 saturated carbocycles. The number of fused-ring (bicyclic) bond motifs is 5. The molecule has 1 spiro atoms. The van der Waals surface area contributed by atoms with Crippen molar-refractivity contribution < 1.29 is 40.2 Å². The lowest BCUT2D eigenvalue weighted by molar-refractivity contribution is -0.137. The largest absolute Gasteiger partial charge is 0.467 e. The van der Waals surface area contributed by atoms with Gasteiger partial charge in [0, 0.05) is 54.9 Å². The summed E-state index contributed by atoms with van der Waals surface area (Å²) in [5, 5.41) is 9.17. The van der Waals surface area contributed by atoms with Gasteiger partial charge < -0.3 is 20.1 Å². The van der Waals surface area contributed by atoms with Crippen molar-refractivity contribution in [3.8, 4) is 23.2 Å². The van der Waals surface area contributed by atoms with Crippen LogP contribution in [0.1, 0.15) is 43.2 Å². The molecule has 258 valence electrons. The molecule has 6 aliphatic rings. The second-order valence-electron chi connectivity index (χ2n) is 13.4. The average Bonchev–Trinajstić information content (AvgIpc) is 3.44. The second-order valence-corrected chi connectivity index (χ2v) is 14.5. The maximum atomic E-state index is 16.3. The first-order valence-electron chi connectivity index (χ1n) is 15.8. The topological polar surface area (TPSA) is 101 Å². The van der Waals surface area contributed by atoms with Crippen molar-refractivity contribution in [2.24, 2.45) is 5.41 Å². The summed E-state index contributed by atoms with van der Waals surface area (Å²) in [6.45, 7) is 2.47. The van der Waals surface area contributed by atoms with Gasteiger partial charge in [-0.1, -0.05) is 6.07 Å². The molecule has 49 heavy (non-hydrogen) atoms. The van der Waals surface area contributed by atoms with E-state index < -0.39 is 45.8 Å². The SMILES string of the molecule is COc1nc(N2CC3CC(C2)O3)c2cc(C(F)(F)F)c(-c3ccc(F)c4sc(N)c(C#N)c34)c(F)c2n1.FC1(F)CC12CC1CCCN1C2. The van der Waals surface area contributed by atoms with Crippen LogP contribution in [-0.4, -0.2) is 72.3 Å². The fourth-order valence-electron chi connectivity index (χ4n) is 8.06. The molecule has 1 aliphatic carbocycles. The van der Waals surface area contributed by atoms with Gasteiger partial charge in [0.05, 0.1) is 40.6 Å². The fraction of sp³-hybridized carbons (Fsp3) is 0.485. The number of benzene rings is 2. The van der Waals surface area contributed by atoms with E-state index in [0.29, 0.717) is 37.0 Å². The minimum Gasteiger partial charge on any atom is -0.467 e. The van der Waals surface area contributed by atoms with Gasteiger partial charge in [-0.05, 0) is 43.5 Å². The molecule has 2 aromatic heterocycles. The summed E-state index contributed by atoms with van der Waals surface area (Å²) in [4.78, 5) is 12.3. The molecule has 4 unspecified atom stereocenters. The summed E-state index contributed by atoms with van der Waals surface area (Å²) in [6, 6.07) is 4.80. The molecule has 2 aromatic carbocycles. The van der Waals surface area contributed by atoms with Gasteiger partial charge in [-0.25, -0.2) is 17.6 Å². The van der Waals surface area contributed by atoms with Gasteiger partial charge in [0.15, 0.2) is 5.82 Å². The zero-order valence-electron chi connectivity index (χ0n) is 26.0. The number of nitrogen functional groups attached to an aromatic ring is 1. The Morgan fingerprint density at radius 3 is 2.49 bits per heavy atom. The van der Waals surface area contributed by atoms with Gasteiger partial charge in [0.25, 0.3) is 5.92 Å². The van der Waals surface area contributed by atoms with Crippen LogP contribution < -0.4 is 15.4 Å². The van der Waals surface area contributed by atoms with Crippen LogP contribution in [-0.2, 0) is 10.9 Å². The number of aromatic nitrogens is 2. The Labute approximate surface area is 279 Å². The summed E-state index contributed by atoms with van der Waals surface area (Å²) in [5.74, 6) is -4.31. The number of rotatable bonds is 3. The predicted molar refractivity (Wildman–Crippen MR) is 168 cm³/mol. The smallest absolute Gasteiger partial charge is 0.417 e. The van der Waals surface area contributed by atoms with E-state index in [9.17, 15) is 31.6 Å². The minimum atomic E-state index is -5.01. The molecular weight excluding hydrogens is 677 g/mol. The van der Waals surface area contributed by atoms with Crippen LogP contribution in [0.25, 0.3) is 32.1 Å². The monoisotopic (exact) mass is 706 g/mol. The van der Waals surface area contributed by atoms with E-state index in [2.05, 4.69) is 14.9 Å². The molecule has 4 aromatic rings. The molecule has 2 N–H and O–H groups in total. The quantitative estimate of drug-likeness (QED) is 0.225. The normalized spacial score (nSPS) is 26.8. The molecule has 0 amide bonds. The molecule has 5 aliphatic heterocycles. The van der Waals surface area contributed by atoms with Crippen LogP contribution in [0, 0.1) is 28.4 Å². The van der Waals surface area contributed by atoms with Crippen molar-refractivity contribution in [1.29, 1.82) is 5.26 Å². The highest BCUT2D eigenvalue weighted by Gasteiger charge is 2.74. The summed E-state index contributed by atoms with van der Waals surface area (Å²) in [5.41, 5.74) is 2.15. The van der Waals surface area contributed by atoms with Crippen molar-refractivity contribution in [2.75, 3.05) is 43.9 Å². The fourth-order valence-corrected chi connectivity index (χ4v) is 9.01. The molecule has 8 nitrogen and oxygen atoms in total. The van der Waals surface area contributed by atoms with Crippen molar-refractivity contribution in [3.05, 3.63) is 41.0 Å². The number of thiophene rings is 1. The minimum absolute atomic E-state index is 0.0873. The van der Waals surface area contributed by atoms with Crippen molar-refractivity contribution >= 4 is 43.1 Å². The van der Waals surface area contributed by atoms with Crippen molar-refractivity contribution in [3.63, 3.8) is 0 Å². The van der Waals surface area contributed by atoms with Crippen LogP contribution in [0.4, 0.5) is 41.6 Å². The van der Waals surface area contributed by atoms with Gasteiger partial charge in [-0.3, -0.25) is 4.90 Å². The zero-order valence-corrected chi connectivity index (χ0v) is 26.8. The summed E-state index contributed by atoms with van der Waals surface area (Å²) in [6.07, 6.45) is -1.08. The highest BCUT2D eigenvalue weighted by atomic mass is 32.1. The third-order valence-corrected chi connectivity index (χ3v) is 11.5. The van der Waals surface area contributed by atoms with Crippen molar-refractivity contribution in [2.45, 2.75) is 62.5 Å². The Hall–Kier alpha value is -3.94. The molecule has 6 fully saturated rings. The lowest BCUT2D eigenvalue weighted by Crippen LogP contribution is -2.57. The van der Waals surface area contributed by atoms with Gasteiger partial charge in [-0.15, -0.1) is 11.3 Å². The summed E-state index contributed by atoms with van der Waals surface area (Å²) >= 11 is 0.706. The molecule has 0 radical (unpaired) electrons. The molecular formula is C33H29F7N6O2S. The Kier molecular flexibility index (Phi) is 7.27. The zero-order chi connectivity index (χ0) is 34.6. The third-order valence-electron chi connectivity index (χ3n) is 10.5. The summed E-state index contributed by atoms with van der Waals surface area (Å²) in [7, 11) is 1.27. The first kappa shape index (κ1) is 32.3. The number of hydrogen-bond donors (Lipinski definition) is 1. The van der Waals surface area contributed by atoms with Gasteiger partial charge in [0.1, 0.15) is 28.2 Å². The Bertz CT molecular complexity index is 2040. The predicted octanol–water partition coefficient (Wildman–Crippen LogP) is 7.13. The van der Waals surface area contributed by atoms with E-state index in [1.165, 1.54) is 13.5 Å². The van der Waals surface area contributed by atoms with Gasteiger partial charge in [-0.2, -0.15) is 28.4 Å². The first-order valence-corrected chi connectivity index (χ1v) is 16.6. The standard InChI is InChI=1S/C24H16F5N5O2S.C9H13F2N/c1-35-23-32-19-12(22(33-23)34-7-9-4-10(8-34)36-9)5-14(24(27,28)29)17(18(19)26)11-2-3-15(25)20-16(11)13(6-30)21(31)37-20;10-9(11)5-8(9)4-7-2-1-3-12(7)6-8/h2-3,5,9-10H,4,7-8,31H2,1H3;7H,1-6H2. The van der Waals surface area contributed by atoms with E-state index in [4.69, 9.17) is 15.2 Å². The molecule has 5 saturated heterocycles. The first-order chi connectivity index (χ1) is 23.2. The van der Waals surface area contributed by atoms with E-state index in [-0.39, 0.29) is 62.1 Å². The van der Waals surface area contributed by atoms with Gasteiger partial charge in [0.2, 0.25) is 0 Å². The lowest BCUT2D eigenvalue weighted by Gasteiger charge is -2.47. The number of nitrogens with zero attached hydrogens (tertiary/aromatic N) is 5. The van der Waals surface area contributed by atoms with E-state index >= 15 is 4.39 Å². The molecule has 16 heteroatoms. The van der Waals surface area contributed by atoms with E-state index in [1.54, 1.807) is 11.0 Å². The highest BCUT2D eigenvalue weighted by molar-refractivity contribution is 7.23. The number of halogens is 7. The number of nitrogens with two attached hydrogens (primary N) is 1. The van der Waals surface area contributed by atoms with Crippen LogP contribution in [0.2, 0.25) is 0 Å². The van der Waals surface area contributed by atoms with Crippen molar-refractivity contribution in [1.82, 2.24) is 14.9 Å². The Morgan fingerprint density at radius 2 is 1.88 bits per heavy atom. The Morgan fingerprint density at radius 1 is 1.16 bits per heavy atom. The third kappa shape index (κ3) is 5.06. The molecule has 2 bridgehead atoms. The summed E-state index contributed by atoms with van der Waals surface area (Å²) < 4.78 is 111. The average molecular weight is 707 g/mol. The maximum Gasteiger partial charge on any atom is 0.417 e. The number of nitriles is 1. The van der Waals surface area contributed by atoms with E-state index in [0.717, 1.165) is 44.0 Å². The number of morpholine rings is 1. The number of anilines is 2. The molecule has 7 heterocycles. The van der Waals surface area contributed by atoms with E-state index in [1.807, 2.05) is 0 Å². The van der Waals surface area contributed by atoms with Crippen LogP contribution in [0.5, 0.6) is 6.01 Å². The number of hydrogen-bond acceptors (Lipinski definition) is 9. The maximum absolute atomic E-state index is 16.3. The number of piperidine rings is 1. The number of methoxy groups -OCH3 is 1. The molecule has 4 atom stereocenters. The van der Waals surface area contributed by atoms with Crippen LogP contribution in [0.3, 0.4) is 0 Å². The Balaban J connectivity index is 0.000000241. The van der Waals surface area contributed by atoms with Crippen LogP contribution in [0.15, 0.2) is 18.2 Å². The second kappa shape index (κ2) is 11.0.